The standard InChI is InChI=1S/C31H32N4O5S/c32-31(41(38,39)28-11-4-5-18-33-28,26-9-6-10-27(35-26)34-20-29(36)37)19-23-12-14-25(15-13-23)30(16-17-30)22-40-21-24-7-2-1-3-8-24/h1-15,18H,16-17,19-22,32H2,(H,34,35)(H,36,37). The van der Waals surface area contributed by atoms with Gasteiger partial charge in [-0.15, -0.1) is 0 Å². The van der Waals surface area contributed by atoms with Crippen molar-refractivity contribution in [1.29, 1.82) is 0 Å². The Labute approximate surface area is 239 Å². The zero-order valence-corrected chi connectivity index (χ0v) is 23.3. The van der Waals surface area contributed by atoms with Gasteiger partial charge in [-0.3, -0.25) is 4.79 Å². The Kier molecular flexibility index (Phi) is 8.16. The number of pyridine rings is 2. The van der Waals surface area contributed by atoms with E-state index >= 15 is 0 Å². The normalized spacial score (nSPS) is 15.5. The summed E-state index contributed by atoms with van der Waals surface area (Å²) in [6.45, 7) is 0.782. The Morgan fingerprint density at radius 3 is 2.34 bits per heavy atom. The van der Waals surface area contributed by atoms with Crippen molar-refractivity contribution in [2.75, 3.05) is 18.5 Å². The zero-order valence-electron chi connectivity index (χ0n) is 22.4. The molecule has 2 heterocycles. The average Bonchev–Trinajstić information content (AvgIpc) is 3.78. The highest BCUT2D eigenvalue weighted by Crippen LogP contribution is 2.48. The summed E-state index contributed by atoms with van der Waals surface area (Å²) in [5.41, 5.74) is 9.80. The van der Waals surface area contributed by atoms with Gasteiger partial charge in [0.25, 0.3) is 0 Å². The Morgan fingerprint density at radius 2 is 1.68 bits per heavy atom. The van der Waals surface area contributed by atoms with Crippen LogP contribution in [0.15, 0.2) is 102 Å². The fraction of sp³-hybridized carbons (Fsp3) is 0.258. The highest BCUT2D eigenvalue weighted by Gasteiger charge is 2.46. The van der Waals surface area contributed by atoms with Crippen LogP contribution in [0.2, 0.25) is 0 Å². The van der Waals surface area contributed by atoms with E-state index in [1.54, 1.807) is 24.3 Å². The SMILES string of the molecule is NC(Cc1ccc(C2(COCc3ccccc3)CC2)cc1)(c1cccc(NCC(=O)O)n1)S(=O)(=O)c1ccccn1. The fourth-order valence-electron chi connectivity index (χ4n) is 4.84. The van der Waals surface area contributed by atoms with Crippen LogP contribution in [-0.2, 0) is 42.7 Å². The van der Waals surface area contributed by atoms with E-state index < -0.39 is 20.7 Å². The molecule has 0 radical (unpaired) electrons. The molecule has 41 heavy (non-hydrogen) atoms. The van der Waals surface area contributed by atoms with Crippen molar-refractivity contribution in [2.24, 2.45) is 5.73 Å². The largest absolute Gasteiger partial charge is 0.480 e. The van der Waals surface area contributed by atoms with Crippen molar-refractivity contribution in [1.82, 2.24) is 9.97 Å². The maximum absolute atomic E-state index is 13.9. The Balaban J connectivity index is 1.40. The number of rotatable bonds is 13. The predicted octanol–water partition coefficient (Wildman–Crippen LogP) is 4.05. The van der Waals surface area contributed by atoms with Gasteiger partial charge in [0.15, 0.2) is 9.90 Å². The summed E-state index contributed by atoms with van der Waals surface area (Å²) in [5.74, 6) is -0.867. The Morgan fingerprint density at radius 1 is 0.951 bits per heavy atom. The van der Waals surface area contributed by atoms with Crippen LogP contribution in [0.3, 0.4) is 0 Å². The summed E-state index contributed by atoms with van der Waals surface area (Å²) in [4.78, 5) is 17.5. The third kappa shape index (κ3) is 6.30. The van der Waals surface area contributed by atoms with Gasteiger partial charge >= 0.3 is 5.97 Å². The van der Waals surface area contributed by atoms with E-state index in [4.69, 9.17) is 15.6 Å². The van der Waals surface area contributed by atoms with Crippen LogP contribution >= 0.6 is 0 Å². The first-order valence-corrected chi connectivity index (χ1v) is 14.8. The number of sulfone groups is 1. The van der Waals surface area contributed by atoms with Crippen LogP contribution in [0, 0.1) is 0 Å². The van der Waals surface area contributed by atoms with Crippen LogP contribution in [0.25, 0.3) is 0 Å². The van der Waals surface area contributed by atoms with Crippen LogP contribution < -0.4 is 11.1 Å². The summed E-state index contributed by atoms with van der Waals surface area (Å²) in [5, 5.41) is 11.5. The quantitative estimate of drug-likeness (QED) is 0.216. The average molecular weight is 573 g/mol. The summed E-state index contributed by atoms with van der Waals surface area (Å²) in [7, 11) is -4.22. The Bertz CT molecular complexity index is 1590. The first kappa shape index (κ1) is 28.4. The monoisotopic (exact) mass is 572 g/mol. The number of nitrogens with zero attached hydrogens (tertiary/aromatic N) is 2. The first-order valence-electron chi connectivity index (χ1n) is 13.3. The third-order valence-corrected chi connectivity index (χ3v) is 9.48. The van der Waals surface area contributed by atoms with Crippen molar-refractivity contribution >= 4 is 21.6 Å². The van der Waals surface area contributed by atoms with E-state index in [9.17, 15) is 13.2 Å². The van der Waals surface area contributed by atoms with Gasteiger partial charge in [-0.25, -0.2) is 18.4 Å². The van der Waals surface area contributed by atoms with Gasteiger partial charge in [0.2, 0.25) is 9.84 Å². The predicted molar refractivity (Wildman–Crippen MR) is 155 cm³/mol. The minimum Gasteiger partial charge on any atom is -0.480 e. The van der Waals surface area contributed by atoms with E-state index in [1.165, 1.54) is 18.3 Å². The number of nitrogens with one attached hydrogen (secondary N) is 1. The van der Waals surface area contributed by atoms with Gasteiger partial charge in [-0.1, -0.05) is 66.7 Å². The molecule has 0 bridgehead atoms. The van der Waals surface area contributed by atoms with Crippen molar-refractivity contribution in [3.8, 4) is 0 Å². The number of hydrogen-bond donors (Lipinski definition) is 3. The van der Waals surface area contributed by atoms with Gasteiger partial charge in [-0.2, -0.15) is 0 Å². The summed E-state index contributed by atoms with van der Waals surface area (Å²) < 4.78 is 34.0. The highest BCUT2D eigenvalue weighted by molar-refractivity contribution is 7.92. The molecule has 4 N–H and O–H groups in total. The molecule has 1 aliphatic carbocycles. The molecule has 1 saturated carbocycles. The van der Waals surface area contributed by atoms with Gasteiger partial charge in [0.05, 0.1) is 18.9 Å². The number of carboxylic acids is 1. The van der Waals surface area contributed by atoms with Crippen molar-refractivity contribution < 1.29 is 23.1 Å². The molecule has 4 aromatic rings. The molecule has 0 amide bonds. The minimum atomic E-state index is -4.22. The number of aromatic nitrogens is 2. The fourth-order valence-corrected chi connectivity index (χ4v) is 6.41. The number of carboxylic acid groups (broad SMARTS) is 1. The number of aliphatic carboxylic acids is 1. The topological polar surface area (TPSA) is 144 Å². The van der Waals surface area contributed by atoms with Gasteiger partial charge < -0.3 is 20.9 Å². The lowest BCUT2D eigenvalue weighted by Crippen LogP contribution is -2.47. The molecule has 0 aliphatic heterocycles. The van der Waals surface area contributed by atoms with E-state index in [-0.39, 0.29) is 34.9 Å². The molecular weight excluding hydrogens is 540 g/mol. The maximum Gasteiger partial charge on any atom is 0.322 e. The molecule has 1 aliphatic rings. The van der Waals surface area contributed by atoms with Crippen molar-refractivity contribution in [2.45, 2.75) is 41.2 Å². The molecule has 0 saturated heterocycles. The molecule has 2 aromatic heterocycles. The van der Waals surface area contributed by atoms with Gasteiger partial charge in [0, 0.05) is 18.0 Å². The zero-order chi connectivity index (χ0) is 28.9. The number of hydrogen-bond acceptors (Lipinski definition) is 8. The lowest BCUT2D eigenvalue weighted by atomic mass is 9.94. The summed E-state index contributed by atoms with van der Waals surface area (Å²) in [6, 6.07) is 27.2. The van der Waals surface area contributed by atoms with E-state index in [0.29, 0.717) is 18.8 Å². The van der Waals surface area contributed by atoms with Crippen LogP contribution in [-0.4, -0.2) is 42.6 Å². The van der Waals surface area contributed by atoms with E-state index in [2.05, 4.69) is 15.3 Å². The lowest BCUT2D eigenvalue weighted by molar-refractivity contribution is -0.134. The smallest absolute Gasteiger partial charge is 0.322 e. The second-order valence-electron chi connectivity index (χ2n) is 10.3. The third-order valence-electron chi connectivity index (χ3n) is 7.37. The van der Waals surface area contributed by atoms with Crippen molar-refractivity contribution in [3.05, 3.63) is 120 Å². The second kappa shape index (κ2) is 11.8. The van der Waals surface area contributed by atoms with E-state index in [1.807, 2.05) is 54.6 Å². The van der Waals surface area contributed by atoms with Gasteiger partial charge in [-0.05, 0) is 53.8 Å². The summed E-state index contributed by atoms with van der Waals surface area (Å²) >= 11 is 0. The maximum atomic E-state index is 13.9. The molecule has 10 heteroatoms. The number of benzene rings is 2. The lowest BCUT2D eigenvalue weighted by Gasteiger charge is -2.29. The first-order chi connectivity index (χ1) is 19.7. The van der Waals surface area contributed by atoms with Crippen LogP contribution in [0.1, 0.15) is 35.2 Å². The molecule has 5 rings (SSSR count). The number of ether oxygens (including phenoxy) is 1. The van der Waals surface area contributed by atoms with Gasteiger partial charge in [0.1, 0.15) is 12.4 Å². The Hall–Kier alpha value is -4.12. The molecule has 1 atom stereocenters. The molecule has 2 aromatic carbocycles. The molecular formula is C31H32N4O5S. The number of nitrogens with two attached hydrogens (primary N) is 1. The molecule has 1 fully saturated rings. The molecule has 0 spiro atoms. The molecule has 9 nitrogen and oxygen atoms in total. The molecule has 1 unspecified atom stereocenters. The number of carbonyl (C=O) groups is 1. The van der Waals surface area contributed by atoms with Crippen LogP contribution in [0.5, 0.6) is 0 Å². The highest BCUT2D eigenvalue weighted by atomic mass is 32.2. The van der Waals surface area contributed by atoms with Crippen LogP contribution in [0.4, 0.5) is 5.82 Å². The minimum absolute atomic E-state index is 0.0428. The van der Waals surface area contributed by atoms with Crippen molar-refractivity contribution in [3.63, 3.8) is 0 Å². The second-order valence-corrected chi connectivity index (χ2v) is 12.5. The summed E-state index contributed by atoms with van der Waals surface area (Å²) in [6.07, 6.45) is 3.38. The number of anilines is 1. The van der Waals surface area contributed by atoms with E-state index in [0.717, 1.165) is 24.0 Å². The molecule has 212 valence electrons.